The van der Waals surface area contributed by atoms with E-state index >= 15 is 0 Å². The summed E-state index contributed by atoms with van der Waals surface area (Å²) in [6.45, 7) is 0. The highest BCUT2D eigenvalue weighted by molar-refractivity contribution is 5.98. The van der Waals surface area contributed by atoms with Crippen LogP contribution in [0.2, 0.25) is 0 Å². The van der Waals surface area contributed by atoms with E-state index in [-0.39, 0.29) is 0 Å². The first kappa shape index (κ1) is 9.33. The van der Waals surface area contributed by atoms with Gasteiger partial charge in [-0.15, -0.1) is 0 Å². The van der Waals surface area contributed by atoms with E-state index in [2.05, 4.69) is 4.74 Å². The first-order valence-electron chi connectivity index (χ1n) is 5.01. The highest BCUT2D eigenvalue weighted by Gasteiger charge is 2.52. The van der Waals surface area contributed by atoms with E-state index in [1.54, 1.807) is 6.08 Å². The minimum atomic E-state index is -0.665. The second kappa shape index (κ2) is 3.04. The minimum Gasteiger partial charge on any atom is -0.453 e. The Balaban J connectivity index is 2.02. The normalized spacial score (nSPS) is 36.1. The maximum atomic E-state index is 11.5. The Morgan fingerprint density at radius 1 is 1.12 bits per heavy atom. The standard InChI is InChI=1S/C11H8O5/c12-7-4-2-5-1-3-6-8(9(5)15-7)11(14)16-10(6)13/h1-2,4,6,8-9H,3H2. The van der Waals surface area contributed by atoms with Gasteiger partial charge in [0.15, 0.2) is 0 Å². The van der Waals surface area contributed by atoms with Crippen molar-refractivity contribution in [1.29, 1.82) is 0 Å². The lowest BCUT2D eigenvalue weighted by Crippen LogP contribution is -2.39. The number of cyclic esters (lactones) is 2. The van der Waals surface area contributed by atoms with E-state index in [1.165, 1.54) is 6.08 Å². The fourth-order valence-electron chi connectivity index (χ4n) is 2.35. The Morgan fingerprint density at radius 3 is 2.75 bits per heavy atom. The van der Waals surface area contributed by atoms with Gasteiger partial charge in [-0.25, -0.2) is 4.79 Å². The average Bonchev–Trinajstić information content (AvgIpc) is 2.54. The number of hydrogen-bond donors (Lipinski definition) is 0. The van der Waals surface area contributed by atoms with Gasteiger partial charge in [0.1, 0.15) is 12.0 Å². The van der Waals surface area contributed by atoms with Crippen LogP contribution in [0.15, 0.2) is 23.8 Å². The number of ether oxygens (including phenoxy) is 2. The third kappa shape index (κ3) is 1.14. The number of fused-ring (bicyclic) bond motifs is 3. The van der Waals surface area contributed by atoms with E-state index in [0.717, 1.165) is 5.57 Å². The van der Waals surface area contributed by atoms with Crippen molar-refractivity contribution in [2.24, 2.45) is 11.8 Å². The largest absolute Gasteiger partial charge is 0.453 e. The zero-order chi connectivity index (χ0) is 11.3. The number of carbonyl (C=O) groups excluding carboxylic acids is 3. The van der Waals surface area contributed by atoms with Gasteiger partial charge in [-0.1, -0.05) is 6.08 Å². The lowest BCUT2D eigenvalue weighted by Gasteiger charge is -2.30. The van der Waals surface area contributed by atoms with Crippen LogP contribution in [0, 0.1) is 11.8 Å². The molecule has 0 bridgehead atoms. The molecule has 3 atom stereocenters. The van der Waals surface area contributed by atoms with Crippen molar-refractivity contribution in [2.45, 2.75) is 12.5 Å². The van der Waals surface area contributed by atoms with E-state index in [0.29, 0.717) is 6.42 Å². The molecule has 1 fully saturated rings. The predicted molar refractivity (Wildman–Crippen MR) is 49.8 cm³/mol. The Hall–Kier alpha value is -1.91. The van der Waals surface area contributed by atoms with Gasteiger partial charge in [0, 0.05) is 6.08 Å². The molecule has 2 aliphatic heterocycles. The van der Waals surface area contributed by atoms with Crippen molar-refractivity contribution < 1.29 is 23.9 Å². The van der Waals surface area contributed by atoms with E-state index < -0.39 is 35.8 Å². The molecular weight excluding hydrogens is 212 g/mol. The van der Waals surface area contributed by atoms with E-state index in [1.807, 2.05) is 6.08 Å². The van der Waals surface area contributed by atoms with Crippen molar-refractivity contribution in [2.75, 3.05) is 0 Å². The molecule has 2 heterocycles. The Kier molecular flexibility index (Phi) is 1.77. The zero-order valence-electron chi connectivity index (χ0n) is 8.21. The average molecular weight is 220 g/mol. The summed E-state index contributed by atoms with van der Waals surface area (Å²) in [7, 11) is 0. The third-order valence-electron chi connectivity index (χ3n) is 3.13. The van der Waals surface area contributed by atoms with Crippen molar-refractivity contribution in [3.8, 4) is 0 Å². The Morgan fingerprint density at radius 2 is 1.94 bits per heavy atom. The monoisotopic (exact) mass is 220 g/mol. The van der Waals surface area contributed by atoms with Crippen molar-refractivity contribution in [1.82, 2.24) is 0 Å². The SMILES string of the molecule is O=C1C=CC2=CCC3C(=O)OC(=O)C3C2O1. The van der Waals surface area contributed by atoms with Crippen LogP contribution in [0.3, 0.4) is 0 Å². The van der Waals surface area contributed by atoms with Crippen molar-refractivity contribution in [3.05, 3.63) is 23.8 Å². The molecule has 5 nitrogen and oxygen atoms in total. The predicted octanol–water partition coefficient (Wildman–Crippen LogP) is 0.114. The molecule has 1 saturated heterocycles. The highest BCUT2D eigenvalue weighted by atomic mass is 16.6. The molecule has 0 spiro atoms. The second-order valence-electron chi connectivity index (χ2n) is 4.00. The molecular formula is C11H8O5. The number of carbonyl (C=O) groups is 3. The van der Waals surface area contributed by atoms with Crippen LogP contribution >= 0.6 is 0 Å². The molecule has 0 aromatic carbocycles. The van der Waals surface area contributed by atoms with Crippen molar-refractivity contribution >= 4 is 17.9 Å². The molecule has 1 aliphatic carbocycles. The molecule has 3 rings (SSSR count). The fraction of sp³-hybridized carbons (Fsp3) is 0.364. The van der Waals surface area contributed by atoms with Crippen LogP contribution in [0.25, 0.3) is 0 Å². The lowest BCUT2D eigenvalue weighted by molar-refractivity contribution is -0.155. The van der Waals surface area contributed by atoms with E-state index in [9.17, 15) is 14.4 Å². The number of hydrogen-bond acceptors (Lipinski definition) is 5. The third-order valence-corrected chi connectivity index (χ3v) is 3.13. The van der Waals surface area contributed by atoms with Crippen LogP contribution in [0.5, 0.6) is 0 Å². The molecule has 3 unspecified atom stereocenters. The van der Waals surface area contributed by atoms with Crippen LogP contribution < -0.4 is 0 Å². The molecule has 0 amide bonds. The smallest absolute Gasteiger partial charge is 0.331 e. The minimum absolute atomic E-state index is 0.461. The topological polar surface area (TPSA) is 69.7 Å². The van der Waals surface area contributed by atoms with Crippen molar-refractivity contribution in [3.63, 3.8) is 0 Å². The van der Waals surface area contributed by atoms with Gasteiger partial charge in [0.25, 0.3) is 0 Å². The molecule has 82 valence electrons. The van der Waals surface area contributed by atoms with Gasteiger partial charge >= 0.3 is 17.9 Å². The van der Waals surface area contributed by atoms with E-state index in [4.69, 9.17) is 4.74 Å². The molecule has 0 aromatic heterocycles. The molecule has 0 aromatic rings. The molecule has 0 N–H and O–H groups in total. The molecule has 0 radical (unpaired) electrons. The summed E-state index contributed by atoms with van der Waals surface area (Å²) in [4.78, 5) is 34.0. The van der Waals surface area contributed by atoms with Gasteiger partial charge < -0.3 is 9.47 Å². The van der Waals surface area contributed by atoms with Gasteiger partial charge in [0.05, 0.1) is 5.92 Å². The van der Waals surface area contributed by atoms with Gasteiger partial charge in [-0.3, -0.25) is 9.59 Å². The number of esters is 3. The zero-order valence-corrected chi connectivity index (χ0v) is 8.21. The van der Waals surface area contributed by atoms with Gasteiger partial charge in [0.2, 0.25) is 0 Å². The summed E-state index contributed by atoms with van der Waals surface area (Å²) in [5.74, 6) is -2.76. The summed E-state index contributed by atoms with van der Waals surface area (Å²) in [6.07, 6.45) is 4.56. The van der Waals surface area contributed by atoms with Crippen LogP contribution in [0.4, 0.5) is 0 Å². The number of rotatable bonds is 0. The summed E-state index contributed by atoms with van der Waals surface area (Å²) >= 11 is 0. The molecule has 5 heteroatoms. The summed E-state index contributed by atoms with van der Waals surface area (Å²) in [5.41, 5.74) is 0.771. The van der Waals surface area contributed by atoms with Crippen LogP contribution in [0.1, 0.15) is 6.42 Å². The highest BCUT2D eigenvalue weighted by Crippen LogP contribution is 2.39. The van der Waals surface area contributed by atoms with Gasteiger partial charge in [-0.05, 0) is 18.1 Å². The lowest BCUT2D eigenvalue weighted by atomic mass is 9.78. The summed E-state index contributed by atoms with van der Waals surface area (Å²) in [6, 6.07) is 0. The maximum Gasteiger partial charge on any atom is 0.331 e. The summed E-state index contributed by atoms with van der Waals surface area (Å²) in [5, 5.41) is 0. The molecule has 0 saturated carbocycles. The quantitative estimate of drug-likeness (QED) is 0.428. The summed E-state index contributed by atoms with van der Waals surface area (Å²) < 4.78 is 9.64. The van der Waals surface area contributed by atoms with Gasteiger partial charge in [-0.2, -0.15) is 0 Å². The molecule has 16 heavy (non-hydrogen) atoms. The van der Waals surface area contributed by atoms with Crippen LogP contribution in [-0.4, -0.2) is 24.0 Å². The Labute approximate surface area is 90.7 Å². The first-order chi connectivity index (χ1) is 7.66. The Bertz CT molecular complexity index is 459. The number of allylic oxidation sites excluding steroid dienone is 1. The first-order valence-corrected chi connectivity index (χ1v) is 5.01. The van der Waals surface area contributed by atoms with Crippen LogP contribution in [-0.2, 0) is 23.9 Å². The fourth-order valence-corrected chi connectivity index (χ4v) is 2.35. The maximum absolute atomic E-state index is 11.5. The second-order valence-corrected chi connectivity index (χ2v) is 4.00. The molecule has 3 aliphatic rings.